The molecule has 1 aromatic rings. The summed E-state index contributed by atoms with van der Waals surface area (Å²) < 4.78 is 5.48. The van der Waals surface area contributed by atoms with Crippen LogP contribution in [-0.2, 0) is 0 Å². The lowest BCUT2D eigenvalue weighted by molar-refractivity contribution is 0.0993. The molecule has 0 aromatic heterocycles. The minimum Gasteiger partial charge on any atom is -0.491 e. The molecule has 0 fully saturated rings. The standard InChI is InChI=1S/C13H12O3/c1-8(2)16-9-3-4-10-11(7-9)13(15)6-5-12(10)14/h3-8H,1-2H3. The molecule has 1 aromatic carbocycles. The minimum absolute atomic E-state index is 0.0444. The van der Waals surface area contributed by atoms with E-state index in [0.29, 0.717) is 16.9 Å². The quantitative estimate of drug-likeness (QED) is 0.762. The zero-order valence-corrected chi connectivity index (χ0v) is 9.19. The molecule has 82 valence electrons. The first-order valence-electron chi connectivity index (χ1n) is 5.15. The van der Waals surface area contributed by atoms with Gasteiger partial charge in [0, 0.05) is 11.1 Å². The van der Waals surface area contributed by atoms with Gasteiger partial charge in [0.1, 0.15) is 5.75 Å². The topological polar surface area (TPSA) is 43.4 Å². The number of hydrogen-bond donors (Lipinski definition) is 0. The van der Waals surface area contributed by atoms with E-state index in [2.05, 4.69) is 0 Å². The Kier molecular flexibility index (Phi) is 2.60. The number of rotatable bonds is 2. The second kappa shape index (κ2) is 3.93. The van der Waals surface area contributed by atoms with Crippen LogP contribution in [0, 0.1) is 0 Å². The average Bonchev–Trinajstić information content (AvgIpc) is 2.23. The number of fused-ring (bicyclic) bond motifs is 1. The lowest BCUT2D eigenvalue weighted by Crippen LogP contribution is -2.12. The first-order valence-corrected chi connectivity index (χ1v) is 5.15. The van der Waals surface area contributed by atoms with E-state index >= 15 is 0 Å². The van der Waals surface area contributed by atoms with Gasteiger partial charge >= 0.3 is 0 Å². The van der Waals surface area contributed by atoms with Crippen molar-refractivity contribution in [1.29, 1.82) is 0 Å². The molecule has 0 aliphatic heterocycles. The van der Waals surface area contributed by atoms with Gasteiger partial charge in [-0.3, -0.25) is 9.59 Å². The molecule has 0 saturated heterocycles. The Bertz CT molecular complexity index is 484. The second-order valence-electron chi connectivity index (χ2n) is 3.94. The van der Waals surface area contributed by atoms with Crippen LogP contribution in [-0.4, -0.2) is 17.7 Å². The molecule has 0 unspecified atom stereocenters. The number of benzene rings is 1. The first kappa shape index (κ1) is 10.6. The van der Waals surface area contributed by atoms with Crippen LogP contribution in [0.5, 0.6) is 5.75 Å². The van der Waals surface area contributed by atoms with Gasteiger partial charge in [-0.25, -0.2) is 0 Å². The highest BCUT2D eigenvalue weighted by molar-refractivity contribution is 6.22. The van der Waals surface area contributed by atoms with Crippen molar-refractivity contribution < 1.29 is 14.3 Å². The molecule has 0 atom stereocenters. The van der Waals surface area contributed by atoms with E-state index in [9.17, 15) is 9.59 Å². The zero-order valence-electron chi connectivity index (χ0n) is 9.19. The van der Waals surface area contributed by atoms with Crippen LogP contribution < -0.4 is 4.74 Å². The highest BCUT2D eigenvalue weighted by Crippen LogP contribution is 2.23. The predicted molar refractivity (Wildman–Crippen MR) is 60.0 cm³/mol. The van der Waals surface area contributed by atoms with Crippen molar-refractivity contribution in [1.82, 2.24) is 0 Å². The maximum absolute atomic E-state index is 11.6. The summed E-state index contributed by atoms with van der Waals surface area (Å²) >= 11 is 0. The maximum atomic E-state index is 11.6. The number of ether oxygens (including phenoxy) is 1. The van der Waals surface area contributed by atoms with Gasteiger partial charge in [-0.05, 0) is 44.2 Å². The molecular formula is C13H12O3. The molecule has 3 heteroatoms. The summed E-state index contributed by atoms with van der Waals surface area (Å²) in [5, 5.41) is 0. The van der Waals surface area contributed by atoms with Gasteiger partial charge in [0.25, 0.3) is 0 Å². The van der Waals surface area contributed by atoms with E-state index in [1.807, 2.05) is 13.8 Å². The van der Waals surface area contributed by atoms with Crippen LogP contribution in [0.2, 0.25) is 0 Å². The van der Waals surface area contributed by atoms with E-state index in [1.54, 1.807) is 18.2 Å². The van der Waals surface area contributed by atoms with Crippen molar-refractivity contribution in [2.75, 3.05) is 0 Å². The predicted octanol–water partition coefficient (Wildman–Crippen LogP) is 2.41. The van der Waals surface area contributed by atoms with Gasteiger partial charge in [0.15, 0.2) is 11.6 Å². The SMILES string of the molecule is CC(C)Oc1ccc2c(c1)C(=O)C=CC2=O. The molecule has 16 heavy (non-hydrogen) atoms. The third-order valence-electron chi connectivity index (χ3n) is 2.28. The molecule has 1 aliphatic rings. The summed E-state index contributed by atoms with van der Waals surface area (Å²) in [6.45, 7) is 3.82. The summed E-state index contributed by atoms with van der Waals surface area (Å²) in [4.78, 5) is 23.1. The van der Waals surface area contributed by atoms with E-state index < -0.39 is 0 Å². The van der Waals surface area contributed by atoms with Crippen LogP contribution in [0.1, 0.15) is 34.6 Å². The molecule has 2 rings (SSSR count). The van der Waals surface area contributed by atoms with Crippen molar-refractivity contribution in [3.63, 3.8) is 0 Å². The molecule has 0 heterocycles. The van der Waals surface area contributed by atoms with Crippen LogP contribution in [0.15, 0.2) is 30.4 Å². The normalized spacial score (nSPS) is 14.2. The van der Waals surface area contributed by atoms with Gasteiger partial charge in [-0.2, -0.15) is 0 Å². The lowest BCUT2D eigenvalue weighted by Gasteiger charge is -2.13. The van der Waals surface area contributed by atoms with Crippen molar-refractivity contribution >= 4 is 11.6 Å². The zero-order chi connectivity index (χ0) is 11.7. The van der Waals surface area contributed by atoms with E-state index in [4.69, 9.17) is 4.74 Å². The third-order valence-corrected chi connectivity index (χ3v) is 2.28. The van der Waals surface area contributed by atoms with Crippen molar-refractivity contribution in [2.24, 2.45) is 0 Å². The van der Waals surface area contributed by atoms with Crippen molar-refractivity contribution in [2.45, 2.75) is 20.0 Å². The van der Waals surface area contributed by atoms with Crippen LogP contribution in [0.3, 0.4) is 0 Å². The molecule has 0 N–H and O–H groups in total. The van der Waals surface area contributed by atoms with Gasteiger partial charge in [0.2, 0.25) is 0 Å². The number of allylic oxidation sites excluding steroid dienone is 2. The van der Waals surface area contributed by atoms with Crippen LogP contribution >= 0.6 is 0 Å². The largest absolute Gasteiger partial charge is 0.491 e. The molecule has 3 nitrogen and oxygen atoms in total. The highest BCUT2D eigenvalue weighted by Gasteiger charge is 2.19. The Balaban J connectivity index is 2.43. The first-order chi connectivity index (χ1) is 7.58. The number of ketones is 2. The van der Waals surface area contributed by atoms with Crippen molar-refractivity contribution in [3.05, 3.63) is 41.5 Å². The monoisotopic (exact) mass is 216 g/mol. The molecule has 0 spiro atoms. The summed E-state index contributed by atoms with van der Waals surface area (Å²) in [6, 6.07) is 4.97. The number of carbonyl (C=O) groups excluding carboxylic acids is 2. The summed E-state index contributed by atoms with van der Waals surface area (Å²) in [5.74, 6) is 0.333. The Morgan fingerprint density at radius 2 is 1.62 bits per heavy atom. The molecule has 0 amide bonds. The fraction of sp³-hybridized carbons (Fsp3) is 0.231. The molecular weight excluding hydrogens is 204 g/mol. The Hall–Kier alpha value is -1.90. The van der Waals surface area contributed by atoms with Gasteiger partial charge < -0.3 is 4.74 Å². The van der Waals surface area contributed by atoms with Gasteiger partial charge in [-0.1, -0.05) is 0 Å². The Morgan fingerprint density at radius 3 is 2.25 bits per heavy atom. The number of carbonyl (C=O) groups is 2. The maximum Gasteiger partial charge on any atom is 0.186 e. The lowest BCUT2D eigenvalue weighted by atomic mass is 9.95. The smallest absolute Gasteiger partial charge is 0.186 e. The summed E-state index contributed by atoms with van der Waals surface area (Å²) in [5.41, 5.74) is 0.870. The third kappa shape index (κ3) is 1.89. The van der Waals surface area contributed by atoms with E-state index in [-0.39, 0.29) is 17.7 Å². The Labute approximate surface area is 93.7 Å². The van der Waals surface area contributed by atoms with Crippen LogP contribution in [0.25, 0.3) is 0 Å². The van der Waals surface area contributed by atoms with Gasteiger partial charge in [-0.15, -0.1) is 0 Å². The molecule has 0 bridgehead atoms. The van der Waals surface area contributed by atoms with Crippen LogP contribution in [0.4, 0.5) is 0 Å². The molecule has 0 saturated carbocycles. The summed E-state index contributed by atoms with van der Waals surface area (Å²) in [6.07, 6.45) is 2.64. The highest BCUT2D eigenvalue weighted by atomic mass is 16.5. The van der Waals surface area contributed by atoms with Crippen molar-refractivity contribution in [3.8, 4) is 5.75 Å². The minimum atomic E-state index is -0.149. The van der Waals surface area contributed by atoms with E-state index in [1.165, 1.54) is 12.2 Å². The fourth-order valence-electron chi connectivity index (χ4n) is 1.62. The summed E-state index contributed by atoms with van der Waals surface area (Å²) in [7, 11) is 0. The van der Waals surface area contributed by atoms with E-state index in [0.717, 1.165) is 0 Å². The Morgan fingerprint density at radius 1 is 1.00 bits per heavy atom. The average molecular weight is 216 g/mol. The number of hydrogen-bond acceptors (Lipinski definition) is 3. The molecule has 0 radical (unpaired) electrons. The fourth-order valence-corrected chi connectivity index (χ4v) is 1.62. The van der Waals surface area contributed by atoms with Gasteiger partial charge in [0.05, 0.1) is 6.10 Å². The second-order valence-corrected chi connectivity index (χ2v) is 3.94. The molecule has 1 aliphatic carbocycles.